The number of nitrogens with one attached hydrogen (secondary N) is 1. The summed E-state index contributed by atoms with van der Waals surface area (Å²) < 4.78 is 0. The monoisotopic (exact) mass is 378 g/mol. The highest BCUT2D eigenvalue weighted by Gasteiger charge is 2.22. The molecule has 6 nitrogen and oxygen atoms in total. The number of halogens is 2. The van der Waals surface area contributed by atoms with Crippen molar-refractivity contribution in [3.05, 3.63) is 52.3 Å². The first-order valence-electron chi connectivity index (χ1n) is 7.73. The lowest BCUT2D eigenvalue weighted by molar-refractivity contribution is -0.119. The third-order valence-electron chi connectivity index (χ3n) is 3.94. The van der Waals surface area contributed by atoms with Crippen LogP contribution in [0.4, 0.5) is 11.4 Å². The van der Waals surface area contributed by atoms with Gasteiger partial charge < -0.3 is 15.1 Å². The predicted molar refractivity (Wildman–Crippen MR) is 97.5 cm³/mol. The molecular formula is C17H16Cl2N4O2. The van der Waals surface area contributed by atoms with E-state index in [4.69, 9.17) is 23.2 Å². The molecule has 1 aromatic heterocycles. The molecule has 25 heavy (non-hydrogen) atoms. The third-order valence-corrected chi connectivity index (χ3v) is 4.68. The minimum Gasteiger partial charge on any atom is -0.354 e. The molecular weight excluding hydrogens is 363 g/mol. The van der Waals surface area contributed by atoms with Gasteiger partial charge in [0.05, 0.1) is 21.9 Å². The lowest BCUT2D eigenvalue weighted by Crippen LogP contribution is -2.48. The van der Waals surface area contributed by atoms with Crippen LogP contribution in [0.2, 0.25) is 10.0 Å². The van der Waals surface area contributed by atoms with Crippen molar-refractivity contribution in [1.82, 2.24) is 14.8 Å². The van der Waals surface area contributed by atoms with Crippen LogP contribution < -0.4 is 5.32 Å². The Hall–Kier alpha value is -2.31. The molecule has 130 valence electrons. The van der Waals surface area contributed by atoms with Crippen LogP contribution >= 0.6 is 23.2 Å². The molecule has 2 amide bonds. The fourth-order valence-corrected chi connectivity index (χ4v) is 2.83. The summed E-state index contributed by atoms with van der Waals surface area (Å²) in [7, 11) is 0. The lowest BCUT2D eigenvalue weighted by Gasteiger charge is -2.32. The van der Waals surface area contributed by atoms with Crippen LogP contribution in [0.5, 0.6) is 0 Å². The maximum absolute atomic E-state index is 12.5. The Balaban J connectivity index is 1.64. The summed E-state index contributed by atoms with van der Waals surface area (Å²) >= 11 is 11.9. The van der Waals surface area contributed by atoms with Gasteiger partial charge in [0.15, 0.2) is 0 Å². The second kappa shape index (κ2) is 7.72. The van der Waals surface area contributed by atoms with Crippen molar-refractivity contribution < 1.29 is 9.59 Å². The number of hydrogen-bond donors (Lipinski definition) is 1. The molecule has 3 rings (SSSR count). The van der Waals surface area contributed by atoms with Crippen molar-refractivity contribution in [2.24, 2.45) is 0 Å². The van der Waals surface area contributed by atoms with Gasteiger partial charge in [0.25, 0.3) is 5.91 Å². The molecule has 1 saturated heterocycles. The first-order valence-corrected chi connectivity index (χ1v) is 8.49. The molecule has 1 aliphatic rings. The summed E-state index contributed by atoms with van der Waals surface area (Å²) in [6.45, 7) is 2.13. The number of nitrogens with zero attached hydrogens (tertiary/aromatic N) is 3. The number of anilines is 2. The smallest absolute Gasteiger partial charge is 0.272 e. The maximum Gasteiger partial charge on any atom is 0.272 e. The summed E-state index contributed by atoms with van der Waals surface area (Å²) in [4.78, 5) is 30.8. The summed E-state index contributed by atoms with van der Waals surface area (Å²) in [5.41, 5.74) is 1.89. The maximum atomic E-state index is 12.5. The zero-order chi connectivity index (χ0) is 17.8. The van der Waals surface area contributed by atoms with Gasteiger partial charge in [0.2, 0.25) is 6.41 Å². The van der Waals surface area contributed by atoms with E-state index in [0.717, 1.165) is 17.8 Å². The molecule has 0 aliphatic carbocycles. The second-order valence-corrected chi connectivity index (χ2v) is 6.43. The summed E-state index contributed by atoms with van der Waals surface area (Å²) in [6.07, 6.45) is 2.40. The van der Waals surface area contributed by atoms with Crippen molar-refractivity contribution in [3.8, 4) is 0 Å². The molecule has 0 atom stereocenters. The average molecular weight is 379 g/mol. The molecule has 0 spiro atoms. The summed E-state index contributed by atoms with van der Waals surface area (Å²) in [5, 5.41) is 4.10. The second-order valence-electron chi connectivity index (χ2n) is 5.62. The molecule has 2 heterocycles. The fourth-order valence-electron chi connectivity index (χ4n) is 2.53. The Bertz CT molecular complexity index is 775. The molecule has 8 heteroatoms. The summed E-state index contributed by atoms with van der Waals surface area (Å²) in [5.74, 6) is -0.133. The van der Waals surface area contributed by atoms with Gasteiger partial charge in [0.1, 0.15) is 5.69 Å². The Morgan fingerprint density at radius 3 is 2.36 bits per heavy atom. The topological polar surface area (TPSA) is 65.5 Å². The summed E-state index contributed by atoms with van der Waals surface area (Å²) in [6, 6.07) is 8.69. The number of carbonyl (C=O) groups excluding carboxylic acids is 2. The van der Waals surface area contributed by atoms with Gasteiger partial charge in [-0.2, -0.15) is 0 Å². The van der Waals surface area contributed by atoms with E-state index in [-0.39, 0.29) is 5.91 Å². The van der Waals surface area contributed by atoms with E-state index in [1.54, 1.807) is 46.3 Å². The normalized spacial score (nSPS) is 14.3. The van der Waals surface area contributed by atoms with Crippen LogP contribution in [-0.2, 0) is 4.79 Å². The molecule has 0 unspecified atom stereocenters. The molecule has 0 saturated carbocycles. The van der Waals surface area contributed by atoms with Gasteiger partial charge in [-0.3, -0.25) is 9.59 Å². The zero-order valence-electron chi connectivity index (χ0n) is 13.3. The highest BCUT2D eigenvalue weighted by atomic mass is 35.5. The van der Waals surface area contributed by atoms with Gasteiger partial charge in [-0.1, -0.05) is 23.2 Å². The third kappa shape index (κ3) is 4.21. The van der Waals surface area contributed by atoms with E-state index in [1.807, 2.05) is 0 Å². The zero-order valence-corrected chi connectivity index (χ0v) is 14.8. The quantitative estimate of drug-likeness (QED) is 0.830. The van der Waals surface area contributed by atoms with Gasteiger partial charge in [-0.25, -0.2) is 4.98 Å². The van der Waals surface area contributed by atoms with Crippen LogP contribution in [0.1, 0.15) is 10.5 Å². The van der Waals surface area contributed by atoms with Crippen LogP contribution in [-0.4, -0.2) is 53.3 Å². The number of pyridine rings is 1. The number of benzene rings is 1. The van der Waals surface area contributed by atoms with Crippen LogP contribution in [0.15, 0.2) is 36.5 Å². The number of amides is 2. The molecule has 1 fully saturated rings. The minimum atomic E-state index is -0.133. The molecule has 1 aliphatic heterocycles. The van der Waals surface area contributed by atoms with E-state index >= 15 is 0 Å². The van der Waals surface area contributed by atoms with E-state index in [2.05, 4.69) is 10.3 Å². The number of rotatable bonds is 4. The van der Waals surface area contributed by atoms with Gasteiger partial charge in [0, 0.05) is 31.9 Å². The molecule has 2 aromatic rings. The molecule has 0 radical (unpaired) electrons. The van der Waals surface area contributed by atoms with Gasteiger partial charge in [-0.15, -0.1) is 0 Å². The number of hydrogen-bond acceptors (Lipinski definition) is 4. The number of carbonyl (C=O) groups is 2. The predicted octanol–water partition coefficient (Wildman–Crippen LogP) is 3.05. The number of piperazine rings is 1. The SMILES string of the molecule is O=CN1CCN(C(=O)c2ccc(Nc3ccc(Cl)c(Cl)c3)cn2)CC1. The Morgan fingerprint density at radius 1 is 1.04 bits per heavy atom. The van der Waals surface area contributed by atoms with Crippen molar-refractivity contribution in [1.29, 1.82) is 0 Å². The lowest BCUT2D eigenvalue weighted by atomic mass is 10.2. The Morgan fingerprint density at radius 2 is 1.76 bits per heavy atom. The highest BCUT2D eigenvalue weighted by Crippen LogP contribution is 2.26. The van der Waals surface area contributed by atoms with E-state index in [1.165, 1.54) is 0 Å². The van der Waals surface area contributed by atoms with Crippen LogP contribution in [0.25, 0.3) is 0 Å². The molecule has 1 N–H and O–H groups in total. The van der Waals surface area contributed by atoms with Crippen molar-refractivity contribution in [2.45, 2.75) is 0 Å². The minimum absolute atomic E-state index is 0.133. The first kappa shape index (κ1) is 17.5. The highest BCUT2D eigenvalue weighted by molar-refractivity contribution is 6.42. The first-order chi connectivity index (χ1) is 12.1. The number of aromatic nitrogens is 1. The van der Waals surface area contributed by atoms with Crippen molar-refractivity contribution in [2.75, 3.05) is 31.5 Å². The van der Waals surface area contributed by atoms with E-state index in [0.29, 0.717) is 41.9 Å². The molecule has 0 bridgehead atoms. The molecule has 1 aromatic carbocycles. The van der Waals surface area contributed by atoms with Gasteiger partial charge >= 0.3 is 0 Å². The standard InChI is InChI=1S/C17H16Cl2N4O2/c18-14-3-1-12(9-15(14)19)21-13-2-4-16(20-10-13)17(25)23-7-5-22(11-24)6-8-23/h1-4,9-11,21H,5-8H2. The van der Waals surface area contributed by atoms with Crippen molar-refractivity contribution in [3.63, 3.8) is 0 Å². The van der Waals surface area contributed by atoms with E-state index < -0.39 is 0 Å². The van der Waals surface area contributed by atoms with E-state index in [9.17, 15) is 9.59 Å². The Labute approximate surface area is 155 Å². The largest absolute Gasteiger partial charge is 0.354 e. The van der Waals surface area contributed by atoms with Crippen molar-refractivity contribution >= 4 is 46.9 Å². The van der Waals surface area contributed by atoms with Crippen LogP contribution in [0, 0.1) is 0 Å². The average Bonchev–Trinajstić information content (AvgIpc) is 2.65. The van der Waals surface area contributed by atoms with Crippen LogP contribution in [0.3, 0.4) is 0 Å². The Kier molecular flexibility index (Phi) is 5.40. The fraction of sp³-hybridized carbons (Fsp3) is 0.235. The van der Waals surface area contributed by atoms with Gasteiger partial charge in [-0.05, 0) is 30.3 Å².